The second-order valence-corrected chi connectivity index (χ2v) is 5.17. The summed E-state index contributed by atoms with van der Waals surface area (Å²) in [5.74, 6) is -0.269. The highest BCUT2D eigenvalue weighted by molar-refractivity contribution is 9.10. The van der Waals surface area contributed by atoms with Gasteiger partial charge in [-0.25, -0.2) is 4.39 Å². The van der Waals surface area contributed by atoms with Gasteiger partial charge in [0.25, 0.3) is 0 Å². The topological polar surface area (TPSA) is 35.2 Å². The Morgan fingerprint density at radius 1 is 1.40 bits per heavy atom. The molecule has 1 aromatic rings. The molecule has 0 amide bonds. The number of benzene rings is 1. The number of halogens is 2. The van der Waals surface area contributed by atoms with Gasteiger partial charge in [-0.05, 0) is 37.6 Å². The maximum atomic E-state index is 13.0. The molecule has 0 heterocycles. The minimum absolute atomic E-state index is 0.269. The molecule has 15 heavy (non-hydrogen) atoms. The van der Waals surface area contributed by atoms with Crippen molar-refractivity contribution >= 4 is 15.9 Å². The molecular formula is C11H15BrFNO. The molecule has 0 radical (unpaired) electrons. The molecule has 0 bridgehead atoms. The van der Waals surface area contributed by atoms with E-state index < -0.39 is 0 Å². The van der Waals surface area contributed by atoms with Gasteiger partial charge in [-0.3, -0.25) is 0 Å². The lowest BCUT2D eigenvalue weighted by Crippen LogP contribution is -2.37. The van der Waals surface area contributed by atoms with E-state index in [1.807, 2.05) is 19.9 Å². The number of ether oxygens (including phenoxy) is 1. The van der Waals surface area contributed by atoms with Crippen LogP contribution in [0.5, 0.6) is 0 Å². The molecule has 0 fully saturated rings. The second kappa shape index (κ2) is 5.05. The monoisotopic (exact) mass is 275 g/mol. The lowest BCUT2D eigenvalue weighted by molar-refractivity contribution is 0.0849. The normalized spacial score (nSPS) is 11.8. The average Bonchev–Trinajstić information content (AvgIpc) is 1.99. The van der Waals surface area contributed by atoms with Gasteiger partial charge in [0.15, 0.2) is 0 Å². The minimum atomic E-state index is -0.357. The summed E-state index contributed by atoms with van der Waals surface area (Å²) in [6.45, 7) is 4.58. The van der Waals surface area contributed by atoms with E-state index >= 15 is 0 Å². The molecule has 0 atom stereocenters. The molecule has 4 heteroatoms. The van der Waals surface area contributed by atoms with Crippen LogP contribution in [0.2, 0.25) is 0 Å². The predicted molar refractivity (Wildman–Crippen MR) is 62.0 cm³/mol. The van der Waals surface area contributed by atoms with Crippen molar-refractivity contribution in [3.8, 4) is 0 Å². The van der Waals surface area contributed by atoms with E-state index in [1.54, 1.807) is 0 Å². The van der Waals surface area contributed by atoms with Gasteiger partial charge in [-0.1, -0.05) is 15.9 Å². The van der Waals surface area contributed by atoms with Crippen LogP contribution >= 0.6 is 15.9 Å². The van der Waals surface area contributed by atoms with Crippen molar-refractivity contribution in [1.29, 1.82) is 0 Å². The molecule has 0 aromatic heterocycles. The highest BCUT2D eigenvalue weighted by atomic mass is 79.9. The van der Waals surface area contributed by atoms with Crippen molar-refractivity contribution in [3.05, 3.63) is 34.1 Å². The molecule has 0 unspecified atom stereocenters. The summed E-state index contributed by atoms with van der Waals surface area (Å²) in [6.07, 6.45) is 0. The molecule has 0 saturated carbocycles. The summed E-state index contributed by atoms with van der Waals surface area (Å²) in [5.41, 5.74) is 6.19. The van der Waals surface area contributed by atoms with Crippen LogP contribution in [0.25, 0.3) is 0 Å². The van der Waals surface area contributed by atoms with Gasteiger partial charge in [0.1, 0.15) is 5.82 Å². The van der Waals surface area contributed by atoms with Crippen molar-refractivity contribution in [2.45, 2.75) is 26.0 Å². The Hall–Kier alpha value is -0.450. The van der Waals surface area contributed by atoms with Crippen LogP contribution in [-0.2, 0) is 11.3 Å². The third-order valence-electron chi connectivity index (χ3n) is 1.67. The molecule has 0 aliphatic heterocycles. The van der Waals surface area contributed by atoms with Gasteiger partial charge in [0.2, 0.25) is 0 Å². The van der Waals surface area contributed by atoms with Gasteiger partial charge in [-0.2, -0.15) is 0 Å². The first-order valence-corrected chi connectivity index (χ1v) is 5.48. The lowest BCUT2D eigenvalue weighted by atomic mass is 10.1. The Kier molecular flexibility index (Phi) is 4.25. The second-order valence-electron chi connectivity index (χ2n) is 4.26. The van der Waals surface area contributed by atoms with E-state index in [4.69, 9.17) is 10.5 Å². The van der Waals surface area contributed by atoms with Crippen molar-refractivity contribution in [2.24, 2.45) is 5.73 Å². The summed E-state index contributed by atoms with van der Waals surface area (Å²) in [4.78, 5) is 0. The zero-order valence-corrected chi connectivity index (χ0v) is 10.5. The van der Waals surface area contributed by atoms with Crippen molar-refractivity contribution < 1.29 is 9.13 Å². The highest BCUT2D eigenvalue weighted by Gasteiger charge is 2.10. The van der Waals surface area contributed by atoms with E-state index in [9.17, 15) is 4.39 Å². The molecule has 1 aromatic carbocycles. The van der Waals surface area contributed by atoms with Gasteiger partial charge in [-0.15, -0.1) is 0 Å². The van der Waals surface area contributed by atoms with E-state index in [-0.39, 0.29) is 11.4 Å². The quantitative estimate of drug-likeness (QED) is 0.917. The van der Waals surface area contributed by atoms with Crippen LogP contribution in [0.3, 0.4) is 0 Å². The number of hydrogen-bond acceptors (Lipinski definition) is 2. The number of rotatable bonds is 4. The fraction of sp³-hybridized carbons (Fsp3) is 0.455. The van der Waals surface area contributed by atoms with Crippen molar-refractivity contribution in [3.63, 3.8) is 0 Å². The highest BCUT2D eigenvalue weighted by Crippen LogP contribution is 2.15. The van der Waals surface area contributed by atoms with Crippen LogP contribution in [0, 0.1) is 5.82 Å². The fourth-order valence-corrected chi connectivity index (χ4v) is 1.64. The number of nitrogens with two attached hydrogens (primary N) is 1. The van der Waals surface area contributed by atoms with E-state index in [1.165, 1.54) is 12.1 Å². The first-order chi connectivity index (χ1) is 6.87. The van der Waals surface area contributed by atoms with Gasteiger partial charge in [0, 0.05) is 10.0 Å². The molecule has 0 saturated heterocycles. The minimum Gasteiger partial charge on any atom is -0.375 e. The van der Waals surface area contributed by atoms with Crippen LogP contribution in [-0.4, -0.2) is 12.1 Å². The smallest absolute Gasteiger partial charge is 0.124 e. The Bertz CT molecular complexity index is 316. The Balaban J connectivity index is 2.51. The fourth-order valence-electron chi connectivity index (χ4n) is 1.13. The van der Waals surface area contributed by atoms with Gasteiger partial charge < -0.3 is 10.5 Å². The Labute approximate surface area is 97.7 Å². The van der Waals surface area contributed by atoms with Crippen LogP contribution in [0.15, 0.2) is 22.7 Å². The first-order valence-electron chi connectivity index (χ1n) is 4.68. The summed E-state index contributed by atoms with van der Waals surface area (Å²) in [7, 11) is 0. The number of hydrogen-bond donors (Lipinski definition) is 1. The average molecular weight is 276 g/mol. The Morgan fingerprint density at radius 2 is 2.07 bits per heavy atom. The third-order valence-corrected chi connectivity index (χ3v) is 2.12. The molecule has 0 aliphatic rings. The molecule has 0 aliphatic carbocycles. The summed E-state index contributed by atoms with van der Waals surface area (Å²) < 4.78 is 19.1. The van der Waals surface area contributed by atoms with Crippen LogP contribution in [0.4, 0.5) is 4.39 Å². The zero-order valence-electron chi connectivity index (χ0n) is 8.89. The Morgan fingerprint density at radius 3 is 2.60 bits per heavy atom. The molecule has 84 valence electrons. The third kappa shape index (κ3) is 5.25. The SMILES string of the molecule is CC(C)(N)COCc1cc(F)cc(Br)c1. The molecular weight excluding hydrogens is 261 g/mol. The maximum absolute atomic E-state index is 13.0. The van der Waals surface area contributed by atoms with Crippen LogP contribution in [0.1, 0.15) is 19.4 Å². The van der Waals surface area contributed by atoms with Crippen molar-refractivity contribution in [1.82, 2.24) is 0 Å². The maximum Gasteiger partial charge on any atom is 0.124 e. The molecule has 0 spiro atoms. The van der Waals surface area contributed by atoms with E-state index in [0.29, 0.717) is 17.7 Å². The summed E-state index contributed by atoms with van der Waals surface area (Å²) in [6, 6.07) is 4.69. The summed E-state index contributed by atoms with van der Waals surface area (Å²) in [5, 5.41) is 0. The predicted octanol–water partition coefficient (Wildman–Crippen LogP) is 2.84. The van der Waals surface area contributed by atoms with Crippen molar-refractivity contribution in [2.75, 3.05) is 6.61 Å². The molecule has 1 rings (SSSR count). The largest absolute Gasteiger partial charge is 0.375 e. The lowest BCUT2D eigenvalue weighted by Gasteiger charge is -2.18. The van der Waals surface area contributed by atoms with E-state index in [2.05, 4.69) is 15.9 Å². The first kappa shape index (κ1) is 12.6. The molecule has 2 nitrogen and oxygen atoms in total. The van der Waals surface area contributed by atoms with Gasteiger partial charge in [0.05, 0.1) is 13.2 Å². The summed E-state index contributed by atoms with van der Waals surface area (Å²) >= 11 is 3.22. The van der Waals surface area contributed by atoms with Gasteiger partial charge >= 0.3 is 0 Å². The molecule has 2 N–H and O–H groups in total. The van der Waals surface area contributed by atoms with E-state index in [0.717, 1.165) is 5.56 Å². The zero-order chi connectivity index (χ0) is 11.5. The standard InChI is InChI=1S/C11H15BrFNO/c1-11(2,14)7-15-6-8-3-9(12)5-10(13)4-8/h3-5H,6-7,14H2,1-2H3. The van der Waals surface area contributed by atoms with Crippen LogP contribution < -0.4 is 5.73 Å².